The summed E-state index contributed by atoms with van der Waals surface area (Å²) >= 11 is 1.68. The van der Waals surface area contributed by atoms with Crippen molar-refractivity contribution in [1.82, 2.24) is 10.2 Å². The minimum atomic E-state index is -0.183. The van der Waals surface area contributed by atoms with E-state index in [0.717, 1.165) is 11.5 Å². The number of amides is 2. The molecule has 2 amide bonds. The number of nitrogens with zero attached hydrogens (tertiary/aromatic N) is 1. The maximum Gasteiger partial charge on any atom is 0.317 e. The van der Waals surface area contributed by atoms with Gasteiger partial charge in [0.25, 0.3) is 0 Å². The second-order valence-corrected chi connectivity index (χ2v) is 6.68. The number of carbonyl (C=O) groups is 1. The number of thiophene rings is 1. The number of urea groups is 1. The highest BCUT2D eigenvalue weighted by atomic mass is 32.1. The highest BCUT2D eigenvalue weighted by Crippen LogP contribution is 2.24. The average molecular weight is 334 g/mol. The van der Waals surface area contributed by atoms with Gasteiger partial charge < -0.3 is 19.4 Å². The molecule has 2 aromatic rings. The van der Waals surface area contributed by atoms with Gasteiger partial charge in [-0.05, 0) is 47.4 Å². The molecular weight excluding hydrogens is 312 g/mol. The van der Waals surface area contributed by atoms with Gasteiger partial charge in [0.15, 0.2) is 0 Å². The van der Waals surface area contributed by atoms with E-state index in [1.165, 1.54) is 5.56 Å². The van der Waals surface area contributed by atoms with Crippen molar-refractivity contribution in [2.75, 3.05) is 26.2 Å². The van der Waals surface area contributed by atoms with Crippen LogP contribution in [0.2, 0.25) is 0 Å². The van der Waals surface area contributed by atoms with Gasteiger partial charge in [0.1, 0.15) is 17.6 Å². The maximum atomic E-state index is 12.4. The summed E-state index contributed by atoms with van der Waals surface area (Å²) in [5.74, 6) is 1.95. The van der Waals surface area contributed by atoms with Gasteiger partial charge in [-0.2, -0.15) is 11.3 Å². The Morgan fingerprint density at radius 2 is 2.35 bits per heavy atom. The number of hydrogen-bond acceptors (Lipinski definition) is 4. The summed E-state index contributed by atoms with van der Waals surface area (Å²) in [6.45, 7) is 6.31. The molecule has 0 aromatic carbocycles. The fourth-order valence-corrected chi connectivity index (χ4v) is 3.44. The van der Waals surface area contributed by atoms with Gasteiger partial charge in [-0.3, -0.25) is 0 Å². The fourth-order valence-electron chi connectivity index (χ4n) is 2.66. The molecule has 3 heterocycles. The minimum absolute atomic E-state index is 0.0383. The van der Waals surface area contributed by atoms with E-state index in [1.54, 1.807) is 16.2 Å². The number of carbonyl (C=O) groups excluding carboxylic acids is 1. The lowest BCUT2D eigenvalue weighted by atomic mass is 10.1. The van der Waals surface area contributed by atoms with Crippen molar-refractivity contribution in [3.05, 3.63) is 46.0 Å². The van der Waals surface area contributed by atoms with E-state index in [1.807, 2.05) is 19.1 Å². The topological polar surface area (TPSA) is 54.7 Å². The fraction of sp³-hybridized carbons (Fsp3) is 0.471. The zero-order valence-electron chi connectivity index (χ0n) is 13.5. The van der Waals surface area contributed by atoms with Gasteiger partial charge in [0.05, 0.1) is 13.2 Å². The Balaban J connectivity index is 1.53. The van der Waals surface area contributed by atoms with Crippen molar-refractivity contribution in [1.29, 1.82) is 0 Å². The van der Waals surface area contributed by atoms with Crippen LogP contribution in [-0.2, 0) is 4.74 Å². The summed E-state index contributed by atoms with van der Waals surface area (Å²) in [4.78, 5) is 14.2. The average Bonchev–Trinajstić information content (AvgIpc) is 3.24. The molecule has 1 N–H and O–H groups in total. The lowest BCUT2D eigenvalue weighted by Gasteiger charge is -2.32. The van der Waals surface area contributed by atoms with E-state index in [-0.39, 0.29) is 12.1 Å². The third kappa shape index (κ3) is 3.95. The Morgan fingerprint density at radius 3 is 3.04 bits per heavy atom. The van der Waals surface area contributed by atoms with E-state index in [2.05, 4.69) is 29.1 Å². The molecule has 23 heavy (non-hydrogen) atoms. The Bertz CT molecular complexity index is 638. The number of hydrogen-bond donors (Lipinski definition) is 1. The molecular formula is C17H22N2O3S. The van der Waals surface area contributed by atoms with Gasteiger partial charge in [-0.25, -0.2) is 4.79 Å². The second-order valence-electron chi connectivity index (χ2n) is 5.90. The molecule has 2 atom stereocenters. The van der Waals surface area contributed by atoms with E-state index < -0.39 is 0 Å². The molecule has 2 aromatic heterocycles. The summed E-state index contributed by atoms with van der Waals surface area (Å²) in [6, 6.07) is 5.90. The Kier molecular flexibility index (Phi) is 5.03. The van der Waals surface area contributed by atoms with Crippen LogP contribution in [0.4, 0.5) is 4.79 Å². The summed E-state index contributed by atoms with van der Waals surface area (Å²) in [6.07, 6.45) is -0.183. The highest BCUT2D eigenvalue weighted by molar-refractivity contribution is 7.07. The van der Waals surface area contributed by atoms with Crippen molar-refractivity contribution < 1.29 is 13.9 Å². The first kappa shape index (κ1) is 16.1. The molecule has 1 fully saturated rings. The van der Waals surface area contributed by atoms with Crippen molar-refractivity contribution in [3.63, 3.8) is 0 Å². The third-order valence-electron chi connectivity index (χ3n) is 4.10. The smallest absolute Gasteiger partial charge is 0.317 e. The lowest BCUT2D eigenvalue weighted by Crippen LogP contribution is -2.47. The van der Waals surface area contributed by atoms with Crippen LogP contribution in [0.3, 0.4) is 0 Å². The molecule has 1 aliphatic heterocycles. The molecule has 0 bridgehead atoms. The third-order valence-corrected chi connectivity index (χ3v) is 4.81. The number of furan rings is 1. The predicted molar refractivity (Wildman–Crippen MR) is 89.8 cm³/mol. The van der Waals surface area contributed by atoms with Crippen LogP contribution >= 0.6 is 11.3 Å². The van der Waals surface area contributed by atoms with Gasteiger partial charge in [0.2, 0.25) is 0 Å². The standard InChI is InChI=1S/C17H22N2O3S/c1-12(14-5-8-23-11-14)9-18-17(20)19-6-7-21-16(10-19)15-4-3-13(2)22-15/h3-5,8,11-12,16H,6-7,9-10H2,1-2H3,(H,18,20)/t12-,16+/m0/s1. The van der Waals surface area contributed by atoms with Crippen LogP contribution in [0.1, 0.15) is 36.0 Å². The molecule has 0 saturated carbocycles. The van der Waals surface area contributed by atoms with Crippen LogP contribution in [0.25, 0.3) is 0 Å². The highest BCUT2D eigenvalue weighted by Gasteiger charge is 2.27. The molecule has 1 aliphatic rings. The maximum absolute atomic E-state index is 12.4. The van der Waals surface area contributed by atoms with Crippen molar-refractivity contribution in [3.8, 4) is 0 Å². The number of nitrogens with one attached hydrogen (secondary N) is 1. The van der Waals surface area contributed by atoms with Crippen LogP contribution < -0.4 is 5.32 Å². The van der Waals surface area contributed by atoms with Gasteiger partial charge >= 0.3 is 6.03 Å². The summed E-state index contributed by atoms with van der Waals surface area (Å²) in [5.41, 5.74) is 1.27. The van der Waals surface area contributed by atoms with E-state index in [9.17, 15) is 4.79 Å². The monoisotopic (exact) mass is 334 g/mol. The predicted octanol–water partition coefficient (Wildman–Crippen LogP) is 3.54. The molecule has 6 heteroatoms. The first-order valence-electron chi connectivity index (χ1n) is 7.86. The number of morpholine rings is 1. The Hall–Kier alpha value is -1.79. The lowest BCUT2D eigenvalue weighted by molar-refractivity contribution is -0.0263. The molecule has 3 rings (SSSR count). The Labute approximate surface area is 140 Å². The second kappa shape index (κ2) is 7.19. The van der Waals surface area contributed by atoms with Crippen molar-refractivity contribution in [2.24, 2.45) is 0 Å². The van der Waals surface area contributed by atoms with E-state index in [0.29, 0.717) is 32.2 Å². The van der Waals surface area contributed by atoms with Gasteiger partial charge in [0, 0.05) is 13.1 Å². The van der Waals surface area contributed by atoms with Gasteiger partial charge in [-0.15, -0.1) is 0 Å². The quantitative estimate of drug-likeness (QED) is 0.930. The Morgan fingerprint density at radius 1 is 1.48 bits per heavy atom. The zero-order valence-corrected chi connectivity index (χ0v) is 14.3. The molecule has 5 nitrogen and oxygen atoms in total. The van der Waals surface area contributed by atoms with Gasteiger partial charge in [-0.1, -0.05) is 6.92 Å². The van der Waals surface area contributed by atoms with E-state index in [4.69, 9.17) is 9.15 Å². The molecule has 0 radical (unpaired) electrons. The minimum Gasteiger partial charge on any atom is -0.464 e. The molecule has 1 saturated heterocycles. The number of aryl methyl sites for hydroxylation is 1. The van der Waals surface area contributed by atoms with Crippen LogP contribution in [0.5, 0.6) is 0 Å². The first-order chi connectivity index (χ1) is 11.1. The van der Waals surface area contributed by atoms with Crippen LogP contribution in [0.15, 0.2) is 33.4 Å². The van der Waals surface area contributed by atoms with Crippen LogP contribution in [0, 0.1) is 6.92 Å². The normalized spacial score (nSPS) is 19.6. The molecule has 0 aliphatic carbocycles. The zero-order chi connectivity index (χ0) is 16.2. The molecule has 0 unspecified atom stereocenters. The van der Waals surface area contributed by atoms with Crippen molar-refractivity contribution in [2.45, 2.75) is 25.9 Å². The largest absolute Gasteiger partial charge is 0.464 e. The summed E-state index contributed by atoms with van der Waals surface area (Å²) < 4.78 is 11.3. The summed E-state index contributed by atoms with van der Waals surface area (Å²) in [5, 5.41) is 7.21. The first-order valence-corrected chi connectivity index (χ1v) is 8.80. The number of ether oxygens (including phenoxy) is 1. The molecule has 0 spiro atoms. The van der Waals surface area contributed by atoms with Crippen LogP contribution in [-0.4, -0.2) is 37.2 Å². The van der Waals surface area contributed by atoms with E-state index >= 15 is 0 Å². The SMILES string of the molecule is Cc1ccc([C@H]2CN(C(=O)NC[C@H](C)c3ccsc3)CCO2)o1. The molecule has 124 valence electrons. The van der Waals surface area contributed by atoms with Crippen molar-refractivity contribution >= 4 is 17.4 Å². The summed E-state index contributed by atoms with van der Waals surface area (Å²) in [7, 11) is 0. The number of rotatable bonds is 4.